The summed E-state index contributed by atoms with van der Waals surface area (Å²) in [6, 6.07) is 0. The fourth-order valence-corrected chi connectivity index (χ4v) is 2.17. The Morgan fingerprint density at radius 3 is 3.18 bits per heavy atom. The van der Waals surface area contributed by atoms with Gasteiger partial charge >= 0.3 is 0 Å². The van der Waals surface area contributed by atoms with Crippen molar-refractivity contribution < 1.29 is 0 Å². The van der Waals surface area contributed by atoms with Gasteiger partial charge in [0.05, 0.1) is 40.4 Å². The number of fused-ring (bicyclic) bond motifs is 1. The monoisotopic (exact) mass is 373 g/mol. The summed E-state index contributed by atoms with van der Waals surface area (Å²) < 4.78 is 3.00. The lowest BCUT2D eigenvalue weighted by molar-refractivity contribution is 0.992. The maximum atomic E-state index is 4.33. The average Bonchev–Trinajstić information content (AvgIpc) is 2.32. The maximum absolute atomic E-state index is 4.33. The first-order valence-electron chi connectivity index (χ1n) is 3.22. The molecular formula is C6H5I2N3. The van der Waals surface area contributed by atoms with Gasteiger partial charge in [0.2, 0.25) is 0 Å². The summed E-state index contributed by atoms with van der Waals surface area (Å²) in [5.74, 6) is 0. The van der Waals surface area contributed by atoms with Crippen molar-refractivity contribution in [3.63, 3.8) is 0 Å². The van der Waals surface area contributed by atoms with Crippen LogP contribution < -0.4 is 3.11 Å². The van der Waals surface area contributed by atoms with Crippen LogP contribution in [-0.4, -0.2) is 16.5 Å². The average molecular weight is 373 g/mol. The Balaban J connectivity index is 2.50. The van der Waals surface area contributed by atoms with Crippen LogP contribution in [0, 0.1) is 3.83 Å². The normalized spacial score (nSPS) is 15.3. The van der Waals surface area contributed by atoms with E-state index in [2.05, 4.69) is 58.5 Å². The molecular weight excluding hydrogens is 368 g/mol. The van der Waals surface area contributed by atoms with Crippen LogP contribution >= 0.6 is 45.5 Å². The van der Waals surface area contributed by atoms with Gasteiger partial charge in [-0.05, 0) is 0 Å². The van der Waals surface area contributed by atoms with Crippen LogP contribution in [-0.2, 0) is 6.42 Å². The minimum absolute atomic E-state index is 0.841. The fourth-order valence-electron chi connectivity index (χ4n) is 1.10. The summed E-state index contributed by atoms with van der Waals surface area (Å²) in [6.07, 6.45) is 2.94. The number of aromatic nitrogens is 2. The molecule has 1 aromatic rings. The van der Waals surface area contributed by atoms with Gasteiger partial charge in [0.1, 0.15) is 0 Å². The molecule has 3 nitrogen and oxygen atoms in total. The molecule has 1 aliphatic rings. The molecule has 0 saturated carbocycles. The van der Waals surface area contributed by atoms with E-state index < -0.39 is 0 Å². The number of hydrogen-bond acceptors (Lipinski definition) is 3. The van der Waals surface area contributed by atoms with E-state index in [-0.39, 0.29) is 0 Å². The predicted molar refractivity (Wildman–Crippen MR) is 59.8 cm³/mol. The Morgan fingerprint density at radius 1 is 1.55 bits per heavy atom. The zero-order valence-corrected chi connectivity index (χ0v) is 9.90. The van der Waals surface area contributed by atoms with E-state index in [1.807, 2.05) is 6.20 Å². The van der Waals surface area contributed by atoms with Crippen LogP contribution in [0.5, 0.6) is 0 Å². The van der Waals surface area contributed by atoms with Gasteiger partial charge in [-0.15, -0.1) is 0 Å². The van der Waals surface area contributed by atoms with E-state index in [1.54, 1.807) is 0 Å². The zero-order chi connectivity index (χ0) is 7.84. The molecule has 0 saturated heterocycles. The highest BCUT2D eigenvalue weighted by molar-refractivity contribution is 14.1. The predicted octanol–water partition coefficient (Wildman–Crippen LogP) is 1.79. The molecule has 0 unspecified atom stereocenters. The molecule has 2 heterocycles. The molecule has 0 spiro atoms. The van der Waals surface area contributed by atoms with Crippen molar-refractivity contribution >= 4 is 51.1 Å². The second-order valence-corrected chi connectivity index (χ2v) is 4.44. The largest absolute Gasteiger partial charge is 0.311 e. The Bertz CT molecular complexity index is 289. The Kier molecular flexibility index (Phi) is 2.17. The number of halogens is 2. The van der Waals surface area contributed by atoms with Crippen molar-refractivity contribution in [2.24, 2.45) is 0 Å². The summed E-state index contributed by atoms with van der Waals surface area (Å²) in [5, 5.41) is 0. The minimum atomic E-state index is 0.841. The van der Waals surface area contributed by atoms with Gasteiger partial charge in [0, 0.05) is 35.6 Å². The van der Waals surface area contributed by atoms with Gasteiger partial charge in [-0.25, -0.2) is 9.97 Å². The van der Waals surface area contributed by atoms with Crippen LogP contribution in [0.3, 0.4) is 0 Å². The molecule has 58 valence electrons. The minimum Gasteiger partial charge on any atom is -0.311 e. The number of nitrogens with zero attached hydrogens (tertiary/aromatic N) is 3. The topological polar surface area (TPSA) is 29.0 Å². The van der Waals surface area contributed by atoms with Gasteiger partial charge in [0.25, 0.3) is 0 Å². The lowest BCUT2D eigenvalue weighted by Gasteiger charge is -2.06. The van der Waals surface area contributed by atoms with Gasteiger partial charge in [0.15, 0.2) is 3.83 Å². The Labute approximate surface area is 92.2 Å². The number of hydrogen-bond donors (Lipinski definition) is 0. The lowest BCUT2D eigenvalue weighted by Crippen LogP contribution is -2.03. The van der Waals surface area contributed by atoms with Crippen molar-refractivity contribution in [2.45, 2.75) is 6.42 Å². The van der Waals surface area contributed by atoms with Crippen molar-refractivity contribution in [1.29, 1.82) is 0 Å². The van der Waals surface area contributed by atoms with Crippen molar-refractivity contribution in [3.8, 4) is 0 Å². The highest BCUT2D eigenvalue weighted by Gasteiger charge is 2.18. The number of rotatable bonds is 0. The van der Waals surface area contributed by atoms with Gasteiger partial charge in [-0.3, -0.25) is 0 Å². The van der Waals surface area contributed by atoms with E-state index >= 15 is 0 Å². The second kappa shape index (κ2) is 3.00. The zero-order valence-electron chi connectivity index (χ0n) is 5.59. The summed E-state index contributed by atoms with van der Waals surface area (Å²) in [4.78, 5) is 8.46. The molecule has 0 N–H and O–H groups in total. The molecule has 0 radical (unpaired) electrons. The standard InChI is InChI=1S/C6H5I2N3/c7-6-9-3-5-4(10-6)1-2-11(5)8/h3H,1-2H2. The second-order valence-electron chi connectivity index (χ2n) is 2.31. The molecule has 0 fully saturated rings. The molecule has 0 amide bonds. The Hall–Kier alpha value is 0.340. The molecule has 0 atom stereocenters. The number of anilines is 1. The van der Waals surface area contributed by atoms with Crippen molar-refractivity contribution in [2.75, 3.05) is 9.66 Å². The third-order valence-corrected chi connectivity index (χ3v) is 3.14. The van der Waals surface area contributed by atoms with Crippen LogP contribution in [0.2, 0.25) is 0 Å². The van der Waals surface area contributed by atoms with Crippen LogP contribution in [0.15, 0.2) is 6.20 Å². The van der Waals surface area contributed by atoms with Crippen LogP contribution in [0.25, 0.3) is 0 Å². The molecule has 0 bridgehead atoms. The molecule has 2 rings (SSSR count). The first-order chi connectivity index (χ1) is 5.27. The highest BCUT2D eigenvalue weighted by atomic mass is 127. The van der Waals surface area contributed by atoms with Crippen molar-refractivity contribution in [1.82, 2.24) is 9.97 Å². The lowest BCUT2D eigenvalue weighted by atomic mass is 10.3. The summed E-state index contributed by atoms with van der Waals surface area (Å²) in [5.41, 5.74) is 2.35. The van der Waals surface area contributed by atoms with Crippen LogP contribution in [0.1, 0.15) is 5.69 Å². The first-order valence-corrected chi connectivity index (χ1v) is 5.26. The first kappa shape index (κ1) is 7.96. The van der Waals surface area contributed by atoms with E-state index in [9.17, 15) is 0 Å². The molecule has 0 aliphatic carbocycles. The van der Waals surface area contributed by atoms with Gasteiger partial charge in [-0.1, -0.05) is 0 Å². The third kappa shape index (κ3) is 1.44. The molecule has 0 aromatic carbocycles. The fraction of sp³-hybridized carbons (Fsp3) is 0.333. The summed E-state index contributed by atoms with van der Waals surface area (Å²) in [7, 11) is 0. The maximum Gasteiger partial charge on any atom is 0.191 e. The molecule has 5 heteroatoms. The molecule has 1 aliphatic heterocycles. The Morgan fingerprint density at radius 2 is 2.36 bits per heavy atom. The van der Waals surface area contributed by atoms with Crippen LogP contribution in [0.4, 0.5) is 5.69 Å². The molecule has 11 heavy (non-hydrogen) atoms. The highest BCUT2D eigenvalue weighted by Crippen LogP contribution is 2.28. The van der Waals surface area contributed by atoms with Gasteiger partial charge < -0.3 is 3.11 Å². The van der Waals surface area contributed by atoms with E-state index in [1.165, 1.54) is 11.4 Å². The third-order valence-electron chi connectivity index (χ3n) is 1.62. The smallest absolute Gasteiger partial charge is 0.191 e. The summed E-state index contributed by atoms with van der Waals surface area (Å²) >= 11 is 4.42. The van der Waals surface area contributed by atoms with E-state index in [0.29, 0.717) is 0 Å². The quantitative estimate of drug-likeness (QED) is 0.395. The summed E-state index contributed by atoms with van der Waals surface area (Å²) in [6.45, 7) is 1.06. The SMILES string of the molecule is Ic1ncc2c(n1)CCN2I. The van der Waals surface area contributed by atoms with E-state index in [0.717, 1.165) is 16.8 Å². The van der Waals surface area contributed by atoms with E-state index in [4.69, 9.17) is 0 Å². The molecule has 1 aromatic heterocycles. The van der Waals surface area contributed by atoms with Gasteiger partial charge in [-0.2, -0.15) is 0 Å². The van der Waals surface area contributed by atoms with Crippen molar-refractivity contribution in [3.05, 3.63) is 15.7 Å².